The fourth-order valence-corrected chi connectivity index (χ4v) is 3.83. The number of nitrogens with one attached hydrogen (secondary N) is 1. The van der Waals surface area contributed by atoms with Crippen LogP contribution in [0.4, 0.5) is 0 Å². The Hall–Kier alpha value is -0.790. The lowest BCUT2D eigenvalue weighted by molar-refractivity contribution is 0.362. The Balaban J connectivity index is 1.81. The van der Waals surface area contributed by atoms with E-state index in [4.69, 9.17) is 4.52 Å². The fraction of sp³-hybridized carbons (Fsp3) is 0.571. The molecule has 0 amide bonds. The first-order valence-electron chi connectivity index (χ1n) is 6.68. The third kappa shape index (κ3) is 4.47. The lowest BCUT2D eigenvalue weighted by Crippen LogP contribution is -2.28. The van der Waals surface area contributed by atoms with E-state index in [0.29, 0.717) is 17.8 Å². The van der Waals surface area contributed by atoms with Gasteiger partial charge >= 0.3 is 0 Å². The Morgan fingerprint density at radius 1 is 1.28 bits per heavy atom. The van der Waals surface area contributed by atoms with Crippen LogP contribution in [-0.4, -0.2) is 25.9 Å². The third-order valence-corrected chi connectivity index (χ3v) is 5.11. The number of benzene rings is 1. The summed E-state index contributed by atoms with van der Waals surface area (Å²) >= 11 is 0. The molecular weight excluding hydrogens is 245 g/mol. The molecule has 1 heterocycles. The molecule has 0 spiro atoms. The summed E-state index contributed by atoms with van der Waals surface area (Å²) < 4.78 is 18.0. The normalized spacial score (nSPS) is 20.3. The molecule has 1 aliphatic heterocycles. The van der Waals surface area contributed by atoms with E-state index in [1.165, 1.54) is 12.8 Å². The highest BCUT2D eigenvalue weighted by atomic mass is 31.2. The van der Waals surface area contributed by atoms with Gasteiger partial charge in [0.05, 0.1) is 0 Å². The van der Waals surface area contributed by atoms with Crippen molar-refractivity contribution in [1.82, 2.24) is 5.32 Å². The number of hydrogen-bond acceptors (Lipinski definition) is 3. The maximum Gasteiger partial charge on any atom is 0.245 e. The highest BCUT2D eigenvalue weighted by molar-refractivity contribution is 7.58. The van der Waals surface area contributed by atoms with Gasteiger partial charge < -0.3 is 9.84 Å². The van der Waals surface area contributed by atoms with E-state index in [-0.39, 0.29) is 0 Å². The summed E-state index contributed by atoms with van der Waals surface area (Å²) in [6.07, 6.45) is 4.10. The molecule has 1 N–H and O–H groups in total. The SMILES string of the molecule is CP(=O)(CCC1CCNCC1)Oc1ccccc1. The molecule has 0 radical (unpaired) electrons. The van der Waals surface area contributed by atoms with Crippen LogP contribution in [-0.2, 0) is 4.57 Å². The predicted molar refractivity (Wildman–Crippen MR) is 75.7 cm³/mol. The average molecular weight is 267 g/mol. The molecule has 1 fully saturated rings. The van der Waals surface area contributed by atoms with E-state index in [2.05, 4.69) is 5.32 Å². The number of hydrogen-bond donors (Lipinski definition) is 1. The zero-order valence-electron chi connectivity index (χ0n) is 11.0. The lowest BCUT2D eigenvalue weighted by atomic mass is 9.96. The minimum absolute atomic E-state index is 0.687. The van der Waals surface area contributed by atoms with Gasteiger partial charge in [0.1, 0.15) is 5.75 Å². The van der Waals surface area contributed by atoms with Crippen LogP contribution in [0.15, 0.2) is 30.3 Å². The van der Waals surface area contributed by atoms with Crippen LogP contribution in [0, 0.1) is 5.92 Å². The van der Waals surface area contributed by atoms with Gasteiger partial charge in [0.25, 0.3) is 0 Å². The fourth-order valence-electron chi connectivity index (χ4n) is 2.34. The Bertz CT molecular complexity index is 402. The van der Waals surface area contributed by atoms with Gasteiger partial charge in [0, 0.05) is 12.8 Å². The topological polar surface area (TPSA) is 38.3 Å². The number of piperidine rings is 1. The zero-order valence-corrected chi connectivity index (χ0v) is 11.9. The predicted octanol–water partition coefficient (Wildman–Crippen LogP) is 3.36. The standard InChI is InChI=1S/C14H22NO2P/c1-18(16,17-14-5-3-2-4-6-14)12-9-13-7-10-15-11-8-13/h2-6,13,15H,7-12H2,1H3. The molecule has 1 aromatic rings. The average Bonchev–Trinajstić information content (AvgIpc) is 2.38. The molecule has 1 aliphatic rings. The molecule has 3 nitrogen and oxygen atoms in total. The first-order chi connectivity index (χ1) is 8.66. The van der Waals surface area contributed by atoms with Crippen LogP contribution >= 0.6 is 7.37 Å². The molecule has 0 bridgehead atoms. The van der Waals surface area contributed by atoms with E-state index in [1.54, 1.807) is 6.66 Å². The van der Waals surface area contributed by atoms with Gasteiger partial charge in [-0.15, -0.1) is 0 Å². The quantitative estimate of drug-likeness (QED) is 0.831. The molecule has 1 aromatic carbocycles. The largest absolute Gasteiger partial charge is 0.443 e. The van der Waals surface area contributed by atoms with Crippen molar-refractivity contribution in [2.24, 2.45) is 5.92 Å². The van der Waals surface area contributed by atoms with Crippen molar-refractivity contribution in [1.29, 1.82) is 0 Å². The molecule has 0 saturated carbocycles. The van der Waals surface area contributed by atoms with Crippen LogP contribution in [0.3, 0.4) is 0 Å². The molecule has 1 unspecified atom stereocenters. The monoisotopic (exact) mass is 267 g/mol. The highest BCUT2D eigenvalue weighted by Gasteiger charge is 2.21. The summed E-state index contributed by atoms with van der Waals surface area (Å²) in [5, 5.41) is 3.35. The minimum atomic E-state index is -2.50. The van der Waals surface area contributed by atoms with Gasteiger partial charge in [-0.3, -0.25) is 4.57 Å². The van der Waals surface area contributed by atoms with Crippen LogP contribution in [0.2, 0.25) is 0 Å². The van der Waals surface area contributed by atoms with Crippen molar-refractivity contribution in [3.05, 3.63) is 30.3 Å². The Kier molecular flexibility index (Phi) is 4.85. The van der Waals surface area contributed by atoms with Crippen LogP contribution in [0.1, 0.15) is 19.3 Å². The van der Waals surface area contributed by atoms with E-state index in [9.17, 15) is 4.57 Å². The maximum atomic E-state index is 12.4. The molecule has 0 aliphatic carbocycles. The molecule has 1 atom stereocenters. The van der Waals surface area contributed by atoms with Crippen molar-refractivity contribution in [2.75, 3.05) is 25.9 Å². The van der Waals surface area contributed by atoms with Crippen LogP contribution < -0.4 is 9.84 Å². The van der Waals surface area contributed by atoms with Gasteiger partial charge in [-0.2, -0.15) is 0 Å². The van der Waals surface area contributed by atoms with Crippen molar-refractivity contribution in [3.63, 3.8) is 0 Å². The second-order valence-electron chi connectivity index (χ2n) is 5.12. The van der Waals surface area contributed by atoms with Gasteiger partial charge in [-0.1, -0.05) is 18.2 Å². The van der Waals surface area contributed by atoms with Crippen molar-refractivity contribution in [2.45, 2.75) is 19.3 Å². The van der Waals surface area contributed by atoms with Crippen molar-refractivity contribution in [3.8, 4) is 5.75 Å². The third-order valence-electron chi connectivity index (χ3n) is 3.44. The molecule has 0 aromatic heterocycles. The summed E-state index contributed by atoms with van der Waals surface area (Å²) in [7, 11) is -2.50. The molecule has 100 valence electrons. The van der Waals surface area contributed by atoms with Gasteiger partial charge in [-0.05, 0) is 50.4 Å². The van der Waals surface area contributed by atoms with Gasteiger partial charge in [0.15, 0.2) is 0 Å². The second kappa shape index (κ2) is 6.40. The molecular formula is C14H22NO2P. The Morgan fingerprint density at radius 3 is 2.61 bits per heavy atom. The number of para-hydroxylation sites is 1. The smallest absolute Gasteiger partial charge is 0.245 e. The summed E-state index contributed by atoms with van der Waals surface area (Å²) in [6.45, 7) is 3.94. The Labute approximate surface area is 109 Å². The molecule has 18 heavy (non-hydrogen) atoms. The minimum Gasteiger partial charge on any atom is -0.443 e. The van der Waals surface area contributed by atoms with E-state index < -0.39 is 7.37 Å². The van der Waals surface area contributed by atoms with Gasteiger partial charge in [-0.25, -0.2) is 0 Å². The highest BCUT2D eigenvalue weighted by Crippen LogP contribution is 2.44. The molecule has 1 saturated heterocycles. The van der Waals surface area contributed by atoms with Crippen LogP contribution in [0.5, 0.6) is 5.75 Å². The summed E-state index contributed by atoms with van der Waals surface area (Å²) in [5.74, 6) is 1.42. The van der Waals surface area contributed by atoms with E-state index >= 15 is 0 Å². The van der Waals surface area contributed by atoms with Crippen molar-refractivity contribution >= 4 is 7.37 Å². The van der Waals surface area contributed by atoms with Crippen molar-refractivity contribution < 1.29 is 9.09 Å². The summed E-state index contributed by atoms with van der Waals surface area (Å²) in [5.41, 5.74) is 0. The molecule has 4 heteroatoms. The van der Waals surface area contributed by atoms with E-state index in [0.717, 1.165) is 19.5 Å². The second-order valence-corrected chi connectivity index (χ2v) is 7.78. The summed E-state index contributed by atoms with van der Waals surface area (Å²) in [4.78, 5) is 0. The van der Waals surface area contributed by atoms with Gasteiger partial charge in [0.2, 0.25) is 7.37 Å². The number of rotatable bonds is 5. The first kappa shape index (κ1) is 13.6. The first-order valence-corrected chi connectivity index (χ1v) is 8.93. The maximum absolute atomic E-state index is 12.4. The Morgan fingerprint density at radius 2 is 1.94 bits per heavy atom. The summed E-state index contributed by atoms with van der Waals surface area (Å²) in [6, 6.07) is 9.47. The van der Waals surface area contributed by atoms with Crippen LogP contribution in [0.25, 0.3) is 0 Å². The molecule has 2 rings (SSSR count). The lowest BCUT2D eigenvalue weighted by Gasteiger charge is -2.24. The van der Waals surface area contributed by atoms with E-state index in [1.807, 2.05) is 30.3 Å². The zero-order chi connectivity index (χ0) is 12.8.